The van der Waals surface area contributed by atoms with Crippen molar-refractivity contribution in [1.29, 1.82) is 0 Å². The van der Waals surface area contributed by atoms with Gasteiger partial charge < -0.3 is 19.7 Å². The van der Waals surface area contributed by atoms with Crippen molar-refractivity contribution in [2.75, 3.05) is 36.2 Å². The van der Waals surface area contributed by atoms with Crippen LogP contribution in [0.2, 0.25) is 0 Å². The summed E-state index contributed by atoms with van der Waals surface area (Å²) in [5.41, 5.74) is 12.2. The molecule has 1 heterocycles. The second-order valence-electron chi connectivity index (χ2n) is 21.2. The SMILES string of the molecule is CC(C)(C)c1cc2c(O)c(c1)Cc1cc(C(C)(C)C)cc3c1OCCCSCCCSCCCOc1c(cc(C(C)(C)C)cc1Cc1cc(C(C)(C)C)cc(c1O)C3)C2. The highest BCUT2D eigenvalue weighted by molar-refractivity contribution is 8.00. The van der Waals surface area contributed by atoms with Gasteiger partial charge in [0, 0.05) is 25.7 Å². The van der Waals surface area contributed by atoms with Gasteiger partial charge in [0.2, 0.25) is 0 Å². The Morgan fingerprint density at radius 2 is 0.610 bits per heavy atom. The fraction of sp³-hybridized carbons (Fsp3) is 0.547. The van der Waals surface area contributed by atoms with E-state index in [0.29, 0.717) is 50.4 Å². The molecule has 4 aromatic carbocycles. The van der Waals surface area contributed by atoms with E-state index in [0.717, 1.165) is 91.9 Å². The number of thioether (sulfide) groups is 2. The van der Waals surface area contributed by atoms with Crippen molar-refractivity contribution in [2.45, 2.75) is 150 Å². The lowest BCUT2D eigenvalue weighted by atomic mass is 9.79. The van der Waals surface area contributed by atoms with E-state index in [1.165, 1.54) is 28.7 Å². The molecule has 2 aliphatic rings. The molecule has 0 fully saturated rings. The predicted molar refractivity (Wildman–Crippen MR) is 255 cm³/mol. The Balaban J connectivity index is 1.72. The molecule has 10 bridgehead atoms. The minimum atomic E-state index is -0.140. The van der Waals surface area contributed by atoms with Crippen molar-refractivity contribution < 1.29 is 19.7 Å². The molecule has 320 valence electrons. The van der Waals surface area contributed by atoms with Gasteiger partial charge in [-0.3, -0.25) is 0 Å². The molecule has 0 saturated carbocycles. The molecule has 6 rings (SSSR count). The second kappa shape index (κ2) is 18.0. The largest absolute Gasteiger partial charge is 0.507 e. The normalized spacial score (nSPS) is 16.5. The van der Waals surface area contributed by atoms with Gasteiger partial charge in [-0.05, 0) is 131 Å². The minimum Gasteiger partial charge on any atom is -0.507 e. The summed E-state index contributed by atoms with van der Waals surface area (Å²) in [4.78, 5) is 0. The highest BCUT2D eigenvalue weighted by atomic mass is 32.2. The fourth-order valence-electron chi connectivity index (χ4n) is 8.15. The average molecular weight is 837 g/mol. The van der Waals surface area contributed by atoms with Gasteiger partial charge in [0.25, 0.3) is 0 Å². The first-order valence-electron chi connectivity index (χ1n) is 22.0. The Morgan fingerprint density at radius 3 is 0.864 bits per heavy atom. The molecule has 2 N–H and O–H groups in total. The van der Waals surface area contributed by atoms with E-state index < -0.39 is 0 Å². The van der Waals surface area contributed by atoms with Crippen LogP contribution >= 0.6 is 23.5 Å². The van der Waals surface area contributed by atoms with Gasteiger partial charge >= 0.3 is 0 Å². The minimum absolute atomic E-state index is 0.134. The summed E-state index contributed by atoms with van der Waals surface area (Å²) < 4.78 is 13.9. The Morgan fingerprint density at radius 1 is 0.373 bits per heavy atom. The van der Waals surface area contributed by atoms with Crippen LogP contribution in [0.5, 0.6) is 23.0 Å². The van der Waals surface area contributed by atoms with Gasteiger partial charge in [-0.2, -0.15) is 23.5 Å². The van der Waals surface area contributed by atoms with Crippen LogP contribution < -0.4 is 9.47 Å². The zero-order chi connectivity index (χ0) is 42.9. The first-order valence-corrected chi connectivity index (χ1v) is 24.3. The summed E-state index contributed by atoms with van der Waals surface area (Å²) in [6.45, 7) is 28.4. The number of aromatic hydroxyl groups is 2. The summed E-state index contributed by atoms with van der Waals surface area (Å²) in [6.07, 6.45) is 5.21. The predicted octanol–water partition coefficient (Wildman–Crippen LogP) is 13.4. The Labute approximate surface area is 365 Å². The molecule has 0 unspecified atom stereocenters. The number of ether oxygens (including phenoxy) is 2. The third kappa shape index (κ3) is 11.2. The number of benzene rings is 4. The van der Waals surface area contributed by atoms with E-state index in [4.69, 9.17) is 9.47 Å². The molecule has 0 atom stereocenters. The van der Waals surface area contributed by atoms with Crippen LogP contribution in [-0.2, 0) is 47.3 Å². The maximum absolute atomic E-state index is 12.5. The highest BCUT2D eigenvalue weighted by Gasteiger charge is 2.28. The van der Waals surface area contributed by atoms with E-state index in [1.54, 1.807) is 0 Å². The number of phenolic OH excluding ortho intramolecular Hbond substituents is 2. The molecule has 59 heavy (non-hydrogen) atoms. The highest BCUT2D eigenvalue weighted by Crippen LogP contribution is 2.44. The van der Waals surface area contributed by atoms with E-state index in [2.05, 4.69) is 132 Å². The lowest BCUT2D eigenvalue weighted by Gasteiger charge is -2.28. The zero-order valence-corrected chi connectivity index (χ0v) is 40.0. The van der Waals surface area contributed by atoms with Crippen molar-refractivity contribution in [3.8, 4) is 23.0 Å². The standard InChI is InChI=1S/C53H72O4S2/c1-50(2,3)42-26-34-22-38-30-44(52(7,8)9)32-40-24-36-28-43(51(4,5)6)29-37(47(36)55)25-41-33-45(53(10,11)12)31-39(23-35(27-42)46(34)54)49(41)57-17-14-19-59-21-15-20-58-18-13-16-56-48(38)40/h26-33,54-55H,13-25H2,1-12H3. The molecule has 0 amide bonds. The van der Waals surface area contributed by atoms with Crippen molar-refractivity contribution in [3.05, 3.63) is 115 Å². The summed E-state index contributed by atoms with van der Waals surface area (Å²) in [6, 6.07) is 18.2. The first kappa shape index (κ1) is 45.3. The van der Waals surface area contributed by atoms with Gasteiger partial charge in [-0.25, -0.2) is 0 Å². The lowest BCUT2D eigenvalue weighted by molar-refractivity contribution is 0.312. The summed E-state index contributed by atoms with van der Waals surface area (Å²) in [5.74, 6) is 6.88. The van der Waals surface area contributed by atoms with Crippen LogP contribution in [0.15, 0.2) is 48.5 Å². The molecule has 4 aromatic rings. The average Bonchev–Trinajstić information content (AvgIpc) is 3.12. The molecule has 0 radical (unpaired) electrons. The van der Waals surface area contributed by atoms with Gasteiger partial charge in [-0.15, -0.1) is 0 Å². The molecule has 0 spiro atoms. The third-order valence-corrected chi connectivity index (χ3v) is 14.3. The van der Waals surface area contributed by atoms with Crippen LogP contribution in [0.1, 0.15) is 169 Å². The molecule has 4 nitrogen and oxygen atoms in total. The first-order chi connectivity index (χ1) is 27.6. The topological polar surface area (TPSA) is 58.9 Å². The van der Waals surface area contributed by atoms with Crippen LogP contribution in [0.25, 0.3) is 0 Å². The molecular weight excluding hydrogens is 765 g/mol. The maximum Gasteiger partial charge on any atom is 0.126 e. The summed E-state index contributed by atoms with van der Waals surface area (Å²) in [7, 11) is 0. The van der Waals surface area contributed by atoms with Gasteiger partial charge in [-0.1, -0.05) is 132 Å². The van der Waals surface area contributed by atoms with Crippen molar-refractivity contribution in [2.24, 2.45) is 0 Å². The number of fused-ring (bicyclic) bond motifs is 2. The van der Waals surface area contributed by atoms with Crippen LogP contribution in [-0.4, -0.2) is 46.4 Å². The van der Waals surface area contributed by atoms with Crippen molar-refractivity contribution >= 4 is 23.5 Å². The van der Waals surface area contributed by atoms with Crippen LogP contribution in [0.3, 0.4) is 0 Å². The molecule has 0 aromatic heterocycles. The number of hydrogen-bond donors (Lipinski definition) is 2. The van der Waals surface area contributed by atoms with E-state index in [-0.39, 0.29) is 21.7 Å². The van der Waals surface area contributed by atoms with Gasteiger partial charge in [0.05, 0.1) is 13.2 Å². The number of rotatable bonds is 0. The lowest BCUT2D eigenvalue weighted by Crippen LogP contribution is -2.17. The van der Waals surface area contributed by atoms with E-state index in [1.807, 2.05) is 23.5 Å². The van der Waals surface area contributed by atoms with Crippen LogP contribution in [0, 0.1) is 0 Å². The molecule has 1 aliphatic heterocycles. The summed E-state index contributed by atoms with van der Waals surface area (Å²) in [5, 5.41) is 25.0. The van der Waals surface area contributed by atoms with Crippen LogP contribution in [0.4, 0.5) is 0 Å². The molecular formula is C53H72O4S2. The van der Waals surface area contributed by atoms with E-state index >= 15 is 0 Å². The quantitative estimate of drug-likeness (QED) is 0.162. The smallest absolute Gasteiger partial charge is 0.126 e. The number of phenols is 2. The molecule has 6 heteroatoms. The molecule has 0 saturated heterocycles. The van der Waals surface area contributed by atoms with Gasteiger partial charge in [0.15, 0.2) is 0 Å². The number of hydrogen-bond acceptors (Lipinski definition) is 6. The monoisotopic (exact) mass is 836 g/mol. The summed E-state index contributed by atoms with van der Waals surface area (Å²) >= 11 is 4.04. The Hall–Kier alpha value is -3.22. The van der Waals surface area contributed by atoms with Crippen molar-refractivity contribution in [1.82, 2.24) is 0 Å². The Bertz CT molecular complexity index is 1870. The van der Waals surface area contributed by atoms with Gasteiger partial charge in [0.1, 0.15) is 23.0 Å². The van der Waals surface area contributed by atoms with Crippen molar-refractivity contribution in [3.63, 3.8) is 0 Å². The zero-order valence-electron chi connectivity index (χ0n) is 38.3. The maximum atomic E-state index is 12.5. The Kier molecular flexibility index (Phi) is 13.8. The van der Waals surface area contributed by atoms with E-state index in [9.17, 15) is 10.2 Å². The third-order valence-electron chi connectivity index (χ3n) is 11.9. The molecule has 1 aliphatic carbocycles. The second-order valence-corrected chi connectivity index (χ2v) is 23.7. The fourth-order valence-corrected chi connectivity index (χ4v) is 10.1.